The first kappa shape index (κ1) is 14.8. The smallest absolute Gasteiger partial charge is 0.294 e. The summed E-state index contributed by atoms with van der Waals surface area (Å²) < 4.78 is 37.3. The molecule has 0 radical (unpaired) electrons. The van der Waals surface area contributed by atoms with E-state index in [9.17, 15) is 18.0 Å². The SMILES string of the molecule is O=C(c1cnc(C(F)(F)F)nc1)C1CC2CCCC(C1)S2. The second-order valence-corrected chi connectivity index (χ2v) is 7.24. The molecule has 0 amide bonds. The Morgan fingerprint density at radius 3 is 2.24 bits per heavy atom. The van der Waals surface area contributed by atoms with Crippen LogP contribution in [0.3, 0.4) is 0 Å². The van der Waals surface area contributed by atoms with Crippen LogP contribution in [-0.2, 0) is 6.18 Å². The summed E-state index contributed by atoms with van der Waals surface area (Å²) in [6, 6.07) is 0. The summed E-state index contributed by atoms with van der Waals surface area (Å²) in [5.41, 5.74) is 0.193. The molecule has 0 spiro atoms. The highest BCUT2D eigenvalue weighted by Crippen LogP contribution is 2.44. The minimum Gasteiger partial charge on any atom is -0.294 e. The number of carbonyl (C=O) groups is 1. The fourth-order valence-electron chi connectivity index (χ4n) is 3.11. The predicted molar refractivity (Wildman–Crippen MR) is 73.1 cm³/mol. The molecule has 2 fully saturated rings. The van der Waals surface area contributed by atoms with E-state index in [0.717, 1.165) is 38.1 Å². The summed E-state index contributed by atoms with van der Waals surface area (Å²) in [5, 5.41) is 1.03. The molecule has 3 heterocycles. The summed E-state index contributed by atoms with van der Waals surface area (Å²) in [6.07, 6.45) is 2.57. The van der Waals surface area contributed by atoms with Gasteiger partial charge in [0.15, 0.2) is 5.78 Å². The maximum absolute atomic E-state index is 12.4. The Hall–Kier alpha value is -1.11. The molecule has 7 heteroatoms. The predicted octanol–water partition coefficient (Wildman–Crippen LogP) is 3.74. The number of nitrogens with zero attached hydrogens (tertiary/aromatic N) is 2. The van der Waals surface area contributed by atoms with Gasteiger partial charge in [0.2, 0.25) is 5.82 Å². The van der Waals surface area contributed by atoms with E-state index in [2.05, 4.69) is 9.97 Å². The van der Waals surface area contributed by atoms with Crippen molar-refractivity contribution in [1.82, 2.24) is 9.97 Å². The zero-order valence-corrected chi connectivity index (χ0v) is 12.1. The van der Waals surface area contributed by atoms with Crippen LogP contribution < -0.4 is 0 Å². The van der Waals surface area contributed by atoms with E-state index in [-0.39, 0.29) is 17.3 Å². The fraction of sp³-hybridized carbons (Fsp3) is 0.643. The van der Waals surface area contributed by atoms with E-state index in [4.69, 9.17) is 0 Å². The van der Waals surface area contributed by atoms with Crippen molar-refractivity contribution in [2.24, 2.45) is 5.92 Å². The topological polar surface area (TPSA) is 42.9 Å². The first-order chi connectivity index (χ1) is 9.93. The van der Waals surface area contributed by atoms with Crippen molar-refractivity contribution in [3.63, 3.8) is 0 Å². The van der Waals surface area contributed by atoms with Crippen LogP contribution in [-0.4, -0.2) is 26.3 Å². The minimum atomic E-state index is -4.57. The number of halogens is 3. The molecule has 0 N–H and O–H groups in total. The maximum Gasteiger partial charge on any atom is 0.451 e. The van der Waals surface area contributed by atoms with E-state index in [1.54, 1.807) is 0 Å². The molecule has 2 unspecified atom stereocenters. The maximum atomic E-state index is 12.4. The molecule has 0 aliphatic carbocycles. The molecule has 21 heavy (non-hydrogen) atoms. The number of carbonyl (C=O) groups excluding carboxylic acids is 1. The average Bonchev–Trinajstić information content (AvgIpc) is 2.45. The third kappa shape index (κ3) is 3.22. The first-order valence-corrected chi connectivity index (χ1v) is 7.96. The molecule has 2 atom stereocenters. The molecule has 2 bridgehead atoms. The molecule has 2 aliphatic rings. The highest BCUT2D eigenvalue weighted by atomic mass is 32.2. The van der Waals surface area contributed by atoms with Gasteiger partial charge in [0.25, 0.3) is 0 Å². The van der Waals surface area contributed by atoms with Crippen molar-refractivity contribution in [1.29, 1.82) is 0 Å². The second kappa shape index (κ2) is 5.59. The lowest BCUT2D eigenvalue weighted by atomic mass is 9.85. The largest absolute Gasteiger partial charge is 0.451 e. The Labute approximate surface area is 124 Å². The number of alkyl halides is 3. The van der Waals surface area contributed by atoms with E-state index in [0.29, 0.717) is 10.5 Å². The Morgan fingerprint density at radius 1 is 1.14 bits per heavy atom. The van der Waals surface area contributed by atoms with Crippen LogP contribution in [0.5, 0.6) is 0 Å². The van der Waals surface area contributed by atoms with Gasteiger partial charge in [-0.2, -0.15) is 24.9 Å². The van der Waals surface area contributed by atoms with Crippen molar-refractivity contribution in [2.75, 3.05) is 0 Å². The third-order valence-electron chi connectivity index (χ3n) is 4.09. The van der Waals surface area contributed by atoms with Gasteiger partial charge in [-0.05, 0) is 25.7 Å². The van der Waals surface area contributed by atoms with Gasteiger partial charge in [0.05, 0.1) is 5.56 Å². The number of Topliss-reactive ketones (excluding diaryl/α,β-unsaturated/α-hetero) is 1. The average molecular weight is 316 g/mol. The molecular weight excluding hydrogens is 301 g/mol. The highest BCUT2D eigenvalue weighted by Gasteiger charge is 2.37. The van der Waals surface area contributed by atoms with Crippen molar-refractivity contribution in [3.8, 4) is 0 Å². The van der Waals surface area contributed by atoms with Crippen LogP contribution >= 0.6 is 11.8 Å². The Kier molecular flexibility index (Phi) is 3.94. The van der Waals surface area contributed by atoms with E-state index in [1.165, 1.54) is 6.42 Å². The molecule has 114 valence electrons. The van der Waals surface area contributed by atoms with E-state index >= 15 is 0 Å². The normalized spacial score (nSPS) is 29.2. The van der Waals surface area contributed by atoms with Gasteiger partial charge in [-0.3, -0.25) is 4.79 Å². The monoisotopic (exact) mass is 316 g/mol. The van der Waals surface area contributed by atoms with Gasteiger partial charge in [-0.15, -0.1) is 0 Å². The highest BCUT2D eigenvalue weighted by molar-refractivity contribution is 8.00. The number of hydrogen-bond acceptors (Lipinski definition) is 4. The molecule has 1 aromatic rings. The molecule has 2 saturated heterocycles. The second-order valence-electron chi connectivity index (χ2n) is 5.64. The molecule has 1 aromatic heterocycles. The first-order valence-electron chi connectivity index (χ1n) is 7.02. The van der Waals surface area contributed by atoms with Crippen molar-refractivity contribution in [3.05, 3.63) is 23.8 Å². The number of hydrogen-bond donors (Lipinski definition) is 0. The number of ketones is 1. The van der Waals surface area contributed by atoms with Crippen LogP contribution in [0.4, 0.5) is 13.2 Å². The lowest BCUT2D eigenvalue weighted by molar-refractivity contribution is -0.145. The van der Waals surface area contributed by atoms with E-state index in [1.807, 2.05) is 11.8 Å². The molecular formula is C14H15F3N2OS. The van der Waals surface area contributed by atoms with Crippen molar-refractivity contribution >= 4 is 17.5 Å². The van der Waals surface area contributed by atoms with Gasteiger partial charge < -0.3 is 0 Å². The quantitative estimate of drug-likeness (QED) is 0.780. The van der Waals surface area contributed by atoms with Crippen LogP contribution in [0, 0.1) is 5.92 Å². The van der Waals surface area contributed by atoms with Gasteiger partial charge >= 0.3 is 6.18 Å². The molecule has 0 saturated carbocycles. The molecule has 0 aromatic carbocycles. The summed E-state index contributed by atoms with van der Waals surface area (Å²) in [7, 11) is 0. The van der Waals surface area contributed by atoms with Crippen LogP contribution in [0.2, 0.25) is 0 Å². The van der Waals surface area contributed by atoms with Gasteiger partial charge in [0.1, 0.15) is 0 Å². The number of thioether (sulfide) groups is 1. The summed E-state index contributed by atoms with van der Waals surface area (Å²) >= 11 is 1.96. The number of aromatic nitrogens is 2. The molecule has 3 nitrogen and oxygen atoms in total. The fourth-order valence-corrected chi connectivity index (χ4v) is 4.95. The zero-order chi connectivity index (χ0) is 15.0. The number of fused-ring (bicyclic) bond motifs is 2. The lowest BCUT2D eigenvalue weighted by Gasteiger charge is -2.37. The minimum absolute atomic E-state index is 0.0955. The van der Waals surface area contributed by atoms with Gasteiger partial charge in [-0.25, -0.2) is 9.97 Å². The van der Waals surface area contributed by atoms with Crippen molar-refractivity contribution < 1.29 is 18.0 Å². The number of rotatable bonds is 2. The summed E-state index contributed by atoms with van der Waals surface area (Å²) in [6.45, 7) is 0. The summed E-state index contributed by atoms with van der Waals surface area (Å²) in [5.74, 6) is -1.40. The Balaban J connectivity index is 1.73. The Morgan fingerprint density at radius 2 is 1.71 bits per heavy atom. The van der Waals surface area contributed by atoms with Gasteiger partial charge in [0, 0.05) is 28.8 Å². The summed E-state index contributed by atoms with van der Waals surface area (Å²) in [4.78, 5) is 19.0. The Bertz CT molecular complexity index is 520. The van der Waals surface area contributed by atoms with Crippen LogP contribution in [0.15, 0.2) is 12.4 Å². The molecule has 3 rings (SSSR count). The van der Waals surface area contributed by atoms with Gasteiger partial charge in [-0.1, -0.05) is 6.42 Å². The lowest BCUT2D eigenvalue weighted by Crippen LogP contribution is -2.33. The molecule has 2 aliphatic heterocycles. The van der Waals surface area contributed by atoms with Crippen LogP contribution in [0.25, 0.3) is 0 Å². The van der Waals surface area contributed by atoms with Crippen LogP contribution in [0.1, 0.15) is 48.3 Å². The zero-order valence-electron chi connectivity index (χ0n) is 11.3. The standard InChI is InChI=1S/C14H15F3N2OS/c15-14(16,17)13-18-6-9(7-19-13)12(20)8-4-10-2-1-3-11(5-8)21-10/h6-8,10-11H,1-5H2. The van der Waals surface area contributed by atoms with Crippen molar-refractivity contribution in [2.45, 2.75) is 48.8 Å². The van der Waals surface area contributed by atoms with E-state index < -0.39 is 12.0 Å². The third-order valence-corrected chi connectivity index (χ3v) is 5.72.